The van der Waals surface area contributed by atoms with Crippen LogP contribution in [0.4, 0.5) is 5.13 Å². The average molecular weight is 405 g/mol. The molecule has 9 heteroatoms. The molecule has 0 saturated carbocycles. The van der Waals surface area contributed by atoms with Gasteiger partial charge in [0.1, 0.15) is 0 Å². The summed E-state index contributed by atoms with van der Waals surface area (Å²) in [7, 11) is 3.52. The molecule has 1 aromatic heterocycles. The summed E-state index contributed by atoms with van der Waals surface area (Å²) in [6, 6.07) is 7.30. The van der Waals surface area contributed by atoms with Crippen LogP contribution in [0.2, 0.25) is 0 Å². The summed E-state index contributed by atoms with van der Waals surface area (Å²) >= 11 is 1.58. The number of esters is 1. The van der Waals surface area contributed by atoms with Gasteiger partial charge in [-0.2, -0.15) is 0 Å². The maximum atomic E-state index is 11.5. The SMILES string of the molecule is COC(=O)c1ccc(-c2csc(NN3CCN(C)CC3)n2)cc1.Cl.Cl. The zero-order chi connectivity index (χ0) is 16.2. The van der Waals surface area contributed by atoms with Gasteiger partial charge in [-0.05, 0) is 19.2 Å². The first kappa shape index (κ1) is 21.7. The molecule has 0 amide bonds. The molecule has 1 aliphatic rings. The molecule has 1 aromatic carbocycles. The van der Waals surface area contributed by atoms with E-state index in [1.54, 1.807) is 23.5 Å². The first-order chi connectivity index (χ1) is 11.2. The number of benzene rings is 1. The maximum absolute atomic E-state index is 11.5. The van der Waals surface area contributed by atoms with Crippen LogP contribution < -0.4 is 5.43 Å². The number of nitrogens with one attached hydrogen (secondary N) is 1. The minimum absolute atomic E-state index is 0. The molecule has 2 heterocycles. The Morgan fingerprint density at radius 3 is 2.40 bits per heavy atom. The topological polar surface area (TPSA) is 57.7 Å². The van der Waals surface area contributed by atoms with Crippen molar-refractivity contribution in [2.45, 2.75) is 0 Å². The smallest absolute Gasteiger partial charge is 0.337 e. The van der Waals surface area contributed by atoms with Gasteiger partial charge in [0, 0.05) is 37.1 Å². The van der Waals surface area contributed by atoms with Crippen molar-refractivity contribution in [3.05, 3.63) is 35.2 Å². The van der Waals surface area contributed by atoms with Crippen molar-refractivity contribution in [3.8, 4) is 11.3 Å². The van der Waals surface area contributed by atoms with E-state index in [0.29, 0.717) is 5.56 Å². The molecule has 2 aromatic rings. The molecule has 0 spiro atoms. The van der Waals surface area contributed by atoms with Crippen molar-refractivity contribution >= 4 is 47.3 Å². The molecular formula is C16H22Cl2N4O2S. The third kappa shape index (κ3) is 5.55. The summed E-state index contributed by atoms with van der Waals surface area (Å²) in [5.74, 6) is -0.327. The Morgan fingerprint density at radius 1 is 1.16 bits per heavy atom. The minimum atomic E-state index is -0.327. The number of halogens is 2. The summed E-state index contributed by atoms with van der Waals surface area (Å²) < 4.78 is 4.71. The Hall–Kier alpha value is -1.38. The Kier molecular flexibility index (Phi) is 8.61. The van der Waals surface area contributed by atoms with Crippen LogP contribution in [0.1, 0.15) is 10.4 Å². The summed E-state index contributed by atoms with van der Waals surface area (Å²) in [6.07, 6.45) is 0. The summed E-state index contributed by atoms with van der Waals surface area (Å²) in [5, 5.41) is 5.11. The largest absolute Gasteiger partial charge is 0.465 e. The monoisotopic (exact) mass is 404 g/mol. The van der Waals surface area contributed by atoms with E-state index in [9.17, 15) is 4.79 Å². The van der Waals surface area contributed by atoms with Gasteiger partial charge in [-0.3, -0.25) is 5.43 Å². The third-order valence-corrected chi connectivity index (χ3v) is 4.61. The van der Waals surface area contributed by atoms with Gasteiger partial charge in [-0.15, -0.1) is 36.2 Å². The number of piperazine rings is 1. The number of likely N-dealkylation sites (N-methyl/N-ethyl adjacent to an activating group) is 1. The third-order valence-electron chi connectivity index (χ3n) is 3.86. The summed E-state index contributed by atoms with van der Waals surface area (Å²) in [6.45, 7) is 4.08. The summed E-state index contributed by atoms with van der Waals surface area (Å²) in [4.78, 5) is 18.4. The molecule has 1 N–H and O–H groups in total. The highest BCUT2D eigenvalue weighted by atomic mass is 35.5. The highest BCUT2D eigenvalue weighted by Gasteiger charge is 2.15. The number of methoxy groups -OCH3 is 1. The lowest BCUT2D eigenvalue weighted by molar-refractivity contribution is 0.0601. The second-order valence-corrected chi connectivity index (χ2v) is 6.37. The quantitative estimate of drug-likeness (QED) is 0.790. The standard InChI is InChI=1S/C16H20N4O2S.2ClH/c1-19-7-9-20(10-8-19)18-16-17-14(11-23-16)12-3-5-13(6-4-12)15(21)22-2;;/h3-6,11H,7-10H2,1-2H3,(H,17,18);2*1H. The number of hydrogen-bond acceptors (Lipinski definition) is 7. The molecule has 0 aliphatic carbocycles. The molecule has 0 unspecified atom stereocenters. The van der Waals surface area contributed by atoms with Gasteiger partial charge in [0.15, 0.2) is 5.13 Å². The van der Waals surface area contributed by atoms with E-state index in [0.717, 1.165) is 42.6 Å². The second-order valence-electron chi connectivity index (χ2n) is 5.51. The predicted octanol–water partition coefficient (Wildman–Crippen LogP) is 3.01. The molecule has 1 saturated heterocycles. The van der Waals surface area contributed by atoms with Crippen molar-refractivity contribution < 1.29 is 9.53 Å². The van der Waals surface area contributed by atoms with Gasteiger partial charge in [0.2, 0.25) is 0 Å². The van der Waals surface area contributed by atoms with E-state index in [1.165, 1.54) is 7.11 Å². The molecule has 6 nitrogen and oxygen atoms in total. The Labute approximate surface area is 164 Å². The van der Waals surface area contributed by atoms with E-state index >= 15 is 0 Å². The number of rotatable bonds is 4. The first-order valence-corrected chi connectivity index (χ1v) is 8.38. The van der Waals surface area contributed by atoms with E-state index in [1.807, 2.05) is 17.5 Å². The van der Waals surface area contributed by atoms with Crippen LogP contribution in [0.5, 0.6) is 0 Å². The van der Waals surface area contributed by atoms with Crippen LogP contribution in [0.25, 0.3) is 11.3 Å². The molecule has 3 rings (SSSR count). The van der Waals surface area contributed by atoms with Crippen molar-refractivity contribution in [3.63, 3.8) is 0 Å². The molecule has 1 fully saturated rings. The molecule has 1 aliphatic heterocycles. The number of aromatic nitrogens is 1. The van der Waals surface area contributed by atoms with Crippen LogP contribution in [0, 0.1) is 0 Å². The van der Waals surface area contributed by atoms with Gasteiger partial charge in [-0.25, -0.2) is 14.8 Å². The fraction of sp³-hybridized carbons (Fsp3) is 0.375. The number of nitrogens with zero attached hydrogens (tertiary/aromatic N) is 3. The molecule has 0 radical (unpaired) electrons. The summed E-state index contributed by atoms with van der Waals surface area (Å²) in [5.41, 5.74) is 5.81. The van der Waals surface area contributed by atoms with Gasteiger partial charge in [0.05, 0.1) is 18.4 Å². The van der Waals surface area contributed by atoms with Gasteiger partial charge in [0.25, 0.3) is 0 Å². The second kappa shape index (κ2) is 9.94. The first-order valence-electron chi connectivity index (χ1n) is 7.50. The lowest BCUT2D eigenvalue weighted by atomic mass is 10.1. The number of anilines is 1. The van der Waals surface area contributed by atoms with Crippen LogP contribution in [0.15, 0.2) is 29.6 Å². The predicted molar refractivity (Wildman–Crippen MR) is 106 cm³/mol. The van der Waals surface area contributed by atoms with Crippen LogP contribution >= 0.6 is 36.2 Å². The zero-order valence-electron chi connectivity index (χ0n) is 14.1. The van der Waals surface area contributed by atoms with Crippen molar-refractivity contribution in [2.75, 3.05) is 45.8 Å². The fourth-order valence-electron chi connectivity index (χ4n) is 2.41. The Balaban J connectivity index is 0.00000156. The maximum Gasteiger partial charge on any atom is 0.337 e. The van der Waals surface area contributed by atoms with Gasteiger partial charge in [-0.1, -0.05) is 12.1 Å². The van der Waals surface area contributed by atoms with E-state index in [4.69, 9.17) is 4.74 Å². The van der Waals surface area contributed by atoms with Crippen molar-refractivity contribution in [2.24, 2.45) is 0 Å². The van der Waals surface area contributed by atoms with Crippen LogP contribution in [-0.4, -0.2) is 61.2 Å². The van der Waals surface area contributed by atoms with Gasteiger partial charge < -0.3 is 9.64 Å². The number of carbonyl (C=O) groups is 1. The average Bonchev–Trinajstić information content (AvgIpc) is 3.05. The van der Waals surface area contributed by atoms with Crippen molar-refractivity contribution in [1.82, 2.24) is 14.9 Å². The molecule has 138 valence electrons. The highest BCUT2D eigenvalue weighted by molar-refractivity contribution is 7.14. The Morgan fingerprint density at radius 2 is 1.80 bits per heavy atom. The zero-order valence-corrected chi connectivity index (χ0v) is 16.5. The van der Waals surface area contributed by atoms with E-state index in [2.05, 4.69) is 27.4 Å². The molecule has 0 bridgehead atoms. The fourth-order valence-corrected chi connectivity index (χ4v) is 3.15. The lowest BCUT2D eigenvalue weighted by Gasteiger charge is -2.32. The number of hydrazine groups is 1. The lowest BCUT2D eigenvalue weighted by Crippen LogP contribution is -2.46. The van der Waals surface area contributed by atoms with Crippen LogP contribution in [-0.2, 0) is 4.74 Å². The number of carbonyl (C=O) groups excluding carboxylic acids is 1. The number of thiazole rings is 1. The van der Waals surface area contributed by atoms with E-state index < -0.39 is 0 Å². The van der Waals surface area contributed by atoms with Crippen LogP contribution in [0.3, 0.4) is 0 Å². The molecular weight excluding hydrogens is 383 g/mol. The molecule has 25 heavy (non-hydrogen) atoms. The minimum Gasteiger partial charge on any atom is -0.465 e. The van der Waals surface area contributed by atoms with Gasteiger partial charge >= 0.3 is 5.97 Å². The normalized spacial score (nSPS) is 15.0. The highest BCUT2D eigenvalue weighted by Crippen LogP contribution is 2.25. The van der Waals surface area contributed by atoms with Crippen molar-refractivity contribution in [1.29, 1.82) is 0 Å². The number of ether oxygens (including phenoxy) is 1. The number of hydrogen-bond donors (Lipinski definition) is 1. The van der Waals surface area contributed by atoms with E-state index in [-0.39, 0.29) is 30.8 Å². The Bertz CT molecular complexity index is 673. The molecule has 0 atom stereocenters.